The summed E-state index contributed by atoms with van der Waals surface area (Å²) in [6.07, 6.45) is 0. The minimum Gasteiger partial charge on any atom is -0.261 e. The van der Waals surface area contributed by atoms with Crippen LogP contribution in [0.1, 0.15) is 11.8 Å². The van der Waals surface area contributed by atoms with Crippen LogP contribution in [0, 0.1) is 0 Å². The highest BCUT2D eigenvalue weighted by molar-refractivity contribution is 7.12. The van der Waals surface area contributed by atoms with Crippen LogP contribution in [0.4, 0.5) is 0 Å². The number of benzene rings is 1. The first-order valence-electron chi connectivity index (χ1n) is 6.78. The van der Waals surface area contributed by atoms with Crippen molar-refractivity contribution in [1.82, 2.24) is 4.68 Å². The Balaban J connectivity index is 2.19. The number of hydrogen-bond acceptors (Lipinski definition) is 4. The molecule has 2 aromatic heterocycles. The fourth-order valence-corrected chi connectivity index (χ4v) is 3.96. The Kier molecular flexibility index (Phi) is 5.02. The molecule has 118 valence electrons. The molecule has 0 unspecified atom stereocenters. The fraction of sp³-hybridized carbons (Fsp3) is 0.125. The van der Waals surface area contributed by atoms with Gasteiger partial charge in [-0.25, -0.2) is 4.68 Å². The van der Waals surface area contributed by atoms with Crippen LogP contribution in [0.25, 0.3) is 11.3 Å². The number of aromatic nitrogens is 1. The standard InChI is InChI=1S/C16H13Cl2N3S2/c1-10(15-4-3-7-22-15)20-21-14(9-23-16(21)19-2)12-8-11(17)5-6-13(12)18/h3-9H,1-2H3. The molecule has 0 fully saturated rings. The average Bonchev–Trinajstić information content (AvgIpc) is 3.19. The summed E-state index contributed by atoms with van der Waals surface area (Å²) < 4.78 is 1.82. The predicted octanol–water partition coefficient (Wildman–Crippen LogP) is 5.39. The maximum Gasteiger partial charge on any atom is 0.205 e. The first-order valence-corrected chi connectivity index (χ1v) is 9.30. The second kappa shape index (κ2) is 7.01. The van der Waals surface area contributed by atoms with Gasteiger partial charge in [0.25, 0.3) is 0 Å². The maximum absolute atomic E-state index is 6.35. The molecule has 7 heteroatoms. The van der Waals surface area contributed by atoms with Crippen LogP contribution in [-0.4, -0.2) is 17.4 Å². The first-order chi connectivity index (χ1) is 11.1. The molecule has 0 amide bonds. The summed E-state index contributed by atoms with van der Waals surface area (Å²) in [5.41, 5.74) is 2.64. The number of halogens is 2. The lowest BCUT2D eigenvalue weighted by Crippen LogP contribution is -2.13. The lowest BCUT2D eigenvalue weighted by molar-refractivity contribution is 0.842. The van der Waals surface area contributed by atoms with E-state index in [1.54, 1.807) is 30.5 Å². The zero-order valence-corrected chi connectivity index (χ0v) is 15.6. The summed E-state index contributed by atoms with van der Waals surface area (Å²) in [5.74, 6) is 0. The Bertz CT molecular complexity index is 921. The summed E-state index contributed by atoms with van der Waals surface area (Å²) in [7, 11) is 1.75. The number of thiophene rings is 1. The van der Waals surface area contributed by atoms with Gasteiger partial charge in [0, 0.05) is 23.0 Å². The molecule has 23 heavy (non-hydrogen) atoms. The van der Waals surface area contributed by atoms with E-state index in [0.717, 1.165) is 26.6 Å². The summed E-state index contributed by atoms with van der Waals surface area (Å²) in [6, 6.07) is 9.47. The second-order valence-electron chi connectivity index (χ2n) is 4.73. The Morgan fingerprint density at radius 2 is 2.00 bits per heavy atom. The third-order valence-corrected chi connectivity index (χ3v) is 5.66. The van der Waals surface area contributed by atoms with Crippen molar-refractivity contribution in [1.29, 1.82) is 0 Å². The molecule has 0 radical (unpaired) electrons. The zero-order chi connectivity index (χ0) is 16.4. The van der Waals surface area contributed by atoms with Gasteiger partial charge in [-0.3, -0.25) is 4.99 Å². The molecule has 0 N–H and O–H groups in total. The zero-order valence-electron chi connectivity index (χ0n) is 12.5. The lowest BCUT2D eigenvalue weighted by Gasteiger charge is -2.07. The van der Waals surface area contributed by atoms with Gasteiger partial charge in [-0.2, -0.15) is 5.10 Å². The molecule has 0 aliphatic heterocycles. The van der Waals surface area contributed by atoms with E-state index in [-0.39, 0.29) is 0 Å². The van der Waals surface area contributed by atoms with Crippen LogP contribution < -0.4 is 4.80 Å². The molecule has 0 atom stereocenters. The summed E-state index contributed by atoms with van der Waals surface area (Å²) in [4.78, 5) is 6.22. The topological polar surface area (TPSA) is 29.6 Å². The monoisotopic (exact) mass is 381 g/mol. The van der Waals surface area contributed by atoms with E-state index in [9.17, 15) is 0 Å². The van der Waals surface area contributed by atoms with E-state index in [0.29, 0.717) is 10.0 Å². The lowest BCUT2D eigenvalue weighted by atomic mass is 10.2. The highest BCUT2D eigenvalue weighted by Gasteiger charge is 2.12. The minimum absolute atomic E-state index is 0.632. The fourth-order valence-electron chi connectivity index (χ4n) is 2.11. The van der Waals surface area contributed by atoms with Gasteiger partial charge in [0.05, 0.1) is 21.3 Å². The van der Waals surface area contributed by atoms with Crippen molar-refractivity contribution >= 4 is 51.6 Å². The second-order valence-corrected chi connectivity index (χ2v) is 7.35. The molecule has 0 aliphatic carbocycles. The van der Waals surface area contributed by atoms with Crippen LogP contribution in [0.3, 0.4) is 0 Å². The first kappa shape index (κ1) is 16.5. The number of thiazole rings is 1. The van der Waals surface area contributed by atoms with Gasteiger partial charge in [-0.15, -0.1) is 22.7 Å². The molecular formula is C16H13Cl2N3S2. The molecule has 0 saturated heterocycles. The van der Waals surface area contributed by atoms with Gasteiger partial charge in [-0.05, 0) is 36.6 Å². The van der Waals surface area contributed by atoms with Crippen molar-refractivity contribution in [2.75, 3.05) is 7.05 Å². The quantitative estimate of drug-likeness (QED) is 0.544. The van der Waals surface area contributed by atoms with E-state index >= 15 is 0 Å². The molecule has 0 spiro atoms. The highest BCUT2D eigenvalue weighted by atomic mass is 35.5. The van der Waals surface area contributed by atoms with E-state index in [1.807, 2.05) is 40.6 Å². The largest absolute Gasteiger partial charge is 0.261 e. The molecule has 0 saturated carbocycles. The predicted molar refractivity (Wildman–Crippen MR) is 101 cm³/mol. The van der Waals surface area contributed by atoms with Gasteiger partial charge in [0.15, 0.2) is 0 Å². The normalized spacial score (nSPS) is 12.9. The van der Waals surface area contributed by atoms with Gasteiger partial charge in [-0.1, -0.05) is 29.3 Å². The van der Waals surface area contributed by atoms with E-state index < -0.39 is 0 Å². The van der Waals surface area contributed by atoms with Gasteiger partial charge in [0.2, 0.25) is 4.80 Å². The van der Waals surface area contributed by atoms with Gasteiger partial charge < -0.3 is 0 Å². The minimum atomic E-state index is 0.632. The number of hydrogen-bond donors (Lipinski definition) is 0. The van der Waals surface area contributed by atoms with Crippen LogP contribution in [0.15, 0.2) is 51.2 Å². The number of rotatable bonds is 3. The van der Waals surface area contributed by atoms with Crippen molar-refractivity contribution in [2.24, 2.45) is 10.1 Å². The summed E-state index contributed by atoms with van der Waals surface area (Å²) in [6.45, 7) is 1.99. The molecule has 3 aromatic rings. The van der Waals surface area contributed by atoms with Gasteiger partial charge >= 0.3 is 0 Å². The van der Waals surface area contributed by atoms with Crippen molar-refractivity contribution in [3.63, 3.8) is 0 Å². The molecular weight excluding hydrogens is 369 g/mol. The van der Waals surface area contributed by atoms with E-state index in [1.165, 1.54) is 11.3 Å². The maximum atomic E-state index is 6.35. The summed E-state index contributed by atoms with van der Waals surface area (Å²) >= 11 is 15.6. The molecule has 1 aromatic carbocycles. The number of nitrogens with zero attached hydrogens (tertiary/aromatic N) is 3. The van der Waals surface area contributed by atoms with Crippen molar-refractivity contribution in [3.8, 4) is 11.3 Å². The third kappa shape index (κ3) is 3.43. The average molecular weight is 382 g/mol. The van der Waals surface area contributed by atoms with Crippen molar-refractivity contribution < 1.29 is 0 Å². The Hall–Kier alpha value is -1.40. The molecule has 3 nitrogen and oxygen atoms in total. The third-order valence-electron chi connectivity index (χ3n) is 3.21. The van der Waals surface area contributed by atoms with Crippen LogP contribution in [-0.2, 0) is 0 Å². The Morgan fingerprint density at radius 1 is 1.17 bits per heavy atom. The Morgan fingerprint density at radius 3 is 2.70 bits per heavy atom. The van der Waals surface area contributed by atoms with Crippen LogP contribution in [0.2, 0.25) is 10.0 Å². The van der Waals surface area contributed by atoms with Crippen molar-refractivity contribution in [3.05, 3.63) is 60.8 Å². The molecule has 0 bridgehead atoms. The van der Waals surface area contributed by atoms with Crippen LogP contribution >= 0.6 is 45.9 Å². The van der Waals surface area contributed by atoms with E-state index in [4.69, 9.17) is 28.3 Å². The highest BCUT2D eigenvalue weighted by Crippen LogP contribution is 2.31. The molecule has 0 aliphatic rings. The SMILES string of the molecule is CN=c1scc(-c2cc(Cl)ccc2Cl)n1N=C(C)c1cccs1. The molecule has 3 rings (SSSR count). The van der Waals surface area contributed by atoms with Crippen molar-refractivity contribution in [2.45, 2.75) is 6.92 Å². The Labute approximate surface area is 152 Å². The van der Waals surface area contributed by atoms with Crippen LogP contribution in [0.5, 0.6) is 0 Å². The smallest absolute Gasteiger partial charge is 0.205 e. The van der Waals surface area contributed by atoms with Gasteiger partial charge in [0.1, 0.15) is 0 Å². The summed E-state index contributed by atoms with van der Waals surface area (Å²) in [5, 5.41) is 10.0. The van der Waals surface area contributed by atoms with E-state index in [2.05, 4.69) is 4.99 Å². The molecule has 2 heterocycles.